The first-order valence-corrected chi connectivity index (χ1v) is 7.59. The van der Waals surface area contributed by atoms with Gasteiger partial charge in [-0.2, -0.15) is 0 Å². The van der Waals surface area contributed by atoms with Gasteiger partial charge in [-0.25, -0.2) is 0 Å². The van der Waals surface area contributed by atoms with Gasteiger partial charge in [-0.05, 0) is 44.8 Å². The molecule has 0 aromatic rings. The van der Waals surface area contributed by atoms with E-state index in [2.05, 4.69) is 18.7 Å². The molecule has 0 aromatic carbocycles. The van der Waals surface area contributed by atoms with E-state index in [9.17, 15) is 0 Å². The van der Waals surface area contributed by atoms with Gasteiger partial charge in [0.1, 0.15) is 0 Å². The highest BCUT2D eigenvalue weighted by Gasteiger charge is 2.14. The second kappa shape index (κ2) is 9.04. The predicted molar refractivity (Wildman–Crippen MR) is 72.8 cm³/mol. The van der Waals surface area contributed by atoms with Crippen LogP contribution in [0.3, 0.4) is 0 Å². The molecule has 1 fully saturated rings. The molecule has 1 aliphatic rings. The second-order valence-electron chi connectivity index (χ2n) is 5.49. The molecule has 0 aliphatic heterocycles. The maximum atomic E-state index is 2.65. The summed E-state index contributed by atoms with van der Waals surface area (Å²) in [6.07, 6.45) is 13.1. The third-order valence-electron chi connectivity index (χ3n) is 3.89. The normalized spacial score (nSPS) is 17.4. The fourth-order valence-electron chi connectivity index (χ4n) is 3.04. The molecule has 0 bridgehead atoms. The third kappa shape index (κ3) is 5.89. The molecule has 0 unspecified atom stereocenters. The highest BCUT2D eigenvalue weighted by Crippen LogP contribution is 2.28. The van der Waals surface area contributed by atoms with Gasteiger partial charge in [0, 0.05) is 0 Å². The number of hydrogen-bond donors (Lipinski definition) is 0. The van der Waals surface area contributed by atoms with E-state index in [1.807, 2.05) is 0 Å². The Balaban J connectivity index is 1.98. The van der Waals surface area contributed by atoms with E-state index in [1.165, 1.54) is 77.4 Å². The maximum Gasteiger partial charge on any atom is -0.00187 e. The largest absolute Gasteiger partial charge is 0.303 e. The zero-order valence-electron chi connectivity index (χ0n) is 11.5. The van der Waals surface area contributed by atoms with Crippen LogP contribution in [0.5, 0.6) is 0 Å². The van der Waals surface area contributed by atoms with Crippen LogP contribution >= 0.6 is 0 Å². The van der Waals surface area contributed by atoms with Crippen molar-refractivity contribution in [3.63, 3.8) is 0 Å². The van der Waals surface area contributed by atoms with E-state index in [0.717, 1.165) is 5.92 Å². The molecule has 96 valence electrons. The Bertz CT molecular complexity index is 144. The zero-order chi connectivity index (χ0) is 11.6. The van der Waals surface area contributed by atoms with E-state index >= 15 is 0 Å². The first kappa shape index (κ1) is 14.0. The third-order valence-corrected chi connectivity index (χ3v) is 3.89. The fraction of sp³-hybridized carbons (Fsp3) is 1.00. The van der Waals surface area contributed by atoms with Crippen LogP contribution in [0.15, 0.2) is 0 Å². The summed E-state index contributed by atoms with van der Waals surface area (Å²) < 4.78 is 0. The molecule has 1 heteroatoms. The van der Waals surface area contributed by atoms with Crippen LogP contribution in [0, 0.1) is 5.92 Å². The average Bonchev–Trinajstić information content (AvgIpc) is 2.78. The molecule has 0 amide bonds. The molecule has 0 spiro atoms. The number of nitrogens with zero attached hydrogens (tertiary/aromatic N) is 1. The number of hydrogen-bond acceptors (Lipinski definition) is 1. The van der Waals surface area contributed by atoms with Crippen LogP contribution < -0.4 is 0 Å². The van der Waals surface area contributed by atoms with Gasteiger partial charge in [-0.15, -0.1) is 0 Å². The minimum absolute atomic E-state index is 1.09. The van der Waals surface area contributed by atoms with Crippen LogP contribution in [0.4, 0.5) is 0 Å². The molecule has 16 heavy (non-hydrogen) atoms. The summed E-state index contributed by atoms with van der Waals surface area (Å²) in [7, 11) is 0. The van der Waals surface area contributed by atoms with E-state index in [-0.39, 0.29) is 0 Å². The lowest BCUT2D eigenvalue weighted by Crippen LogP contribution is -2.26. The van der Waals surface area contributed by atoms with Gasteiger partial charge in [-0.3, -0.25) is 0 Å². The summed E-state index contributed by atoms with van der Waals surface area (Å²) in [5.74, 6) is 1.09. The molecule has 1 rings (SSSR count). The Kier molecular flexibility index (Phi) is 7.92. The molecular formula is C15H31N. The monoisotopic (exact) mass is 225 g/mol. The van der Waals surface area contributed by atoms with E-state index in [1.54, 1.807) is 0 Å². The summed E-state index contributed by atoms with van der Waals surface area (Å²) in [4.78, 5) is 2.65. The highest BCUT2D eigenvalue weighted by molar-refractivity contribution is 4.67. The maximum absolute atomic E-state index is 2.65. The summed E-state index contributed by atoms with van der Waals surface area (Å²) in [6, 6.07) is 0. The summed E-state index contributed by atoms with van der Waals surface area (Å²) in [5, 5.41) is 0. The Morgan fingerprint density at radius 3 is 2.06 bits per heavy atom. The summed E-state index contributed by atoms with van der Waals surface area (Å²) >= 11 is 0. The summed E-state index contributed by atoms with van der Waals surface area (Å²) in [5.41, 5.74) is 0. The van der Waals surface area contributed by atoms with Gasteiger partial charge >= 0.3 is 0 Å². The Morgan fingerprint density at radius 1 is 0.875 bits per heavy atom. The molecule has 1 saturated carbocycles. The lowest BCUT2D eigenvalue weighted by molar-refractivity contribution is 0.265. The Hall–Kier alpha value is -0.0400. The zero-order valence-corrected chi connectivity index (χ0v) is 11.5. The topological polar surface area (TPSA) is 3.24 Å². The fourth-order valence-corrected chi connectivity index (χ4v) is 3.04. The minimum atomic E-state index is 1.09. The SMILES string of the molecule is CCCN(CCC)CCCCC1CCCC1. The quantitative estimate of drug-likeness (QED) is 0.523. The number of rotatable bonds is 9. The first-order chi connectivity index (χ1) is 7.86. The molecule has 1 aliphatic carbocycles. The van der Waals surface area contributed by atoms with E-state index < -0.39 is 0 Å². The highest BCUT2D eigenvalue weighted by atomic mass is 15.1. The van der Waals surface area contributed by atoms with Gasteiger partial charge in [-0.1, -0.05) is 52.4 Å². The van der Waals surface area contributed by atoms with Gasteiger partial charge in [0.2, 0.25) is 0 Å². The van der Waals surface area contributed by atoms with E-state index in [4.69, 9.17) is 0 Å². The lowest BCUT2D eigenvalue weighted by atomic mass is 10.0. The van der Waals surface area contributed by atoms with Gasteiger partial charge in [0.05, 0.1) is 0 Å². The lowest BCUT2D eigenvalue weighted by Gasteiger charge is -2.21. The Labute approximate surface area is 103 Å². The standard InChI is InChI=1S/C15H31N/c1-3-12-16(13-4-2)14-8-7-11-15-9-5-6-10-15/h15H,3-14H2,1-2H3. The molecular weight excluding hydrogens is 194 g/mol. The molecule has 1 nitrogen and oxygen atoms in total. The molecule has 0 saturated heterocycles. The van der Waals surface area contributed by atoms with Crippen molar-refractivity contribution < 1.29 is 0 Å². The minimum Gasteiger partial charge on any atom is -0.303 e. The molecule has 0 N–H and O–H groups in total. The van der Waals surface area contributed by atoms with Crippen molar-refractivity contribution in [3.8, 4) is 0 Å². The van der Waals surface area contributed by atoms with Crippen molar-refractivity contribution in [2.45, 2.75) is 71.6 Å². The molecule has 0 atom stereocenters. The van der Waals surface area contributed by atoms with Crippen LogP contribution in [0.2, 0.25) is 0 Å². The van der Waals surface area contributed by atoms with Crippen molar-refractivity contribution in [1.82, 2.24) is 4.90 Å². The summed E-state index contributed by atoms with van der Waals surface area (Å²) in [6.45, 7) is 8.53. The van der Waals surface area contributed by atoms with Gasteiger partial charge in [0.25, 0.3) is 0 Å². The van der Waals surface area contributed by atoms with Crippen LogP contribution in [-0.4, -0.2) is 24.5 Å². The Morgan fingerprint density at radius 2 is 1.50 bits per heavy atom. The van der Waals surface area contributed by atoms with Crippen molar-refractivity contribution in [2.24, 2.45) is 5.92 Å². The van der Waals surface area contributed by atoms with Crippen LogP contribution in [0.1, 0.15) is 71.6 Å². The average molecular weight is 225 g/mol. The van der Waals surface area contributed by atoms with Crippen LogP contribution in [0.25, 0.3) is 0 Å². The van der Waals surface area contributed by atoms with Crippen molar-refractivity contribution in [2.75, 3.05) is 19.6 Å². The first-order valence-electron chi connectivity index (χ1n) is 7.59. The number of unbranched alkanes of at least 4 members (excludes halogenated alkanes) is 1. The van der Waals surface area contributed by atoms with Crippen molar-refractivity contribution in [3.05, 3.63) is 0 Å². The van der Waals surface area contributed by atoms with Gasteiger partial charge in [0.15, 0.2) is 0 Å². The second-order valence-corrected chi connectivity index (χ2v) is 5.49. The smallest absolute Gasteiger partial charge is 0.00187 e. The van der Waals surface area contributed by atoms with Crippen molar-refractivity contribution >= 4 is 0 Å². The molecule has 0 radical (unpaired) electrons. The molecule has 0 heterocycles. The van der Waals surface area contributed by atoms with Crippen molar-refractivity contribution in [1.29, 1.82) is 0 Å². The van der Waals surface area contributed by atoms with E-state index in [0.29, 0.717) is 0 Å². The predicted octanol–water partition coefficient (Wildman–Crippen LogP) is 4.47. The van der Waals surface area contributed by atoms with Gasteiger partial charge < -0.3 is 4.90 Å². The van der Waals surface area contributed by atoms with Crippen LogP contribution in [-0.2, 0) is 0 Å². The molecule has 0 aromatic heterocycles.